The Kier molecular flexibility index (Phi) is 4.02. The number of hydrogen-bond donors (Lipinski definition) is 1. The van der Waals surface area contributed by atoms with Crippen molar-refractivity contribution in [1.82, 2.24) is 10.2 Å². The molecule has 0 unspecified atom stereocenters. The highest BCUT2D eigenvalue weighted by atomic mass is 15.1. The molecule has 2 atom stereocenters. The second-order valence-corrected chi connectivity index (χ2v) is 3.71. The summed E-state index contributed by atoms with van der Waals surface area (Å²) in [5.41, 5.74) is 0. The van der Waals surface area contributed by atoms with Gasteiger partial charge in [0.15, 0.2) is 0 Å². The molecule has 0 bridgehead atoms. The molecule has 2 nitrogen and oxygen atoms in total. The quantitative estimate of drug-likeness (QED) is 0.684. The lowest BCUT2D eigenvalue weighted by Crippen LogP contribution is -2.39. The number of hydrogen-bond acceptors (Lipinski definition) is 2. The molecule has 0 aromatic heterocycles. The molecule has 1 fully saturated rings. The van der Waals surface area contributed by atoms with E-state index in [1.54, 1.807) is 0 Å². The van der Waals surface area contributed by atoms with Crippen molar-refractivity contribution in [3.8, 4) is 0 Å². The third-order valence-electron chi connectivity index (χ3n) is 3.17. The van der Waals surface area contributed by atoms with Crippen LogP contribution in [0.5, 0.6) is 0 Å². The topological polar surface area (TPSA) is 15.3 Å². The van der Waals surface area contributed by atoms with Crippen LogP contribution in [0.2, 0.25) is 0 Å². The highest BCUT2D eigenvalue weighted by molar-refractivity contribution is 4.81. The first-order valence-corrected chi connectivity index (χ1v) is 5.24. The van der Waals surface area contributed by atoms with Gasteiger partial charge in [0.25, 0.3) is 0 Å². The molecule has 0 saturated carbocycles. The fourth-order valence-electron chi connectivity index (χ4n) is 2.19. The molecule has 1 rings (SSSR count). The monoisotopic (exact) mass is 170 g/mol. The molecular weight excluding hydrogens is 148 g/mol. The van der Waals surface area contributed by atoms with E-state index in [2.05, 4.69) is 31.0 Å². The van der Waals surface area contributed by atoms with Gasteiger partial charge in [0.05, 0.1) is 0 Å². The van der Waals surface area contributed by atoms with Gasteiger partial charge in [-0.2, -0.15) is 0 Å². The minimum atomic E-state index is 0.759. The van der Waals surface area contributed by atoms with Gasteiger partial charge in [-0.25, -0.2) is 0 Å². The molecule has 0 amide bonds. The second kappa shape index (κ2) is 4.83. The molecule has 0 aliphatic carbocycles. The van der Waals surface area contributed by atoms with Gasteiger partial charge in [0.2, 0.25) is 0 Å². The summed E-state index contributed by atoms with van der Waals surface area (Å²) in [5.74, 6) is 0.880. The molecule has 12 heavy (non-hydrogen) atoms. The van der Waals surface area contributed by atoms with E-state index in [1.807, 2.05) is 0 Å². The predicted octanol–water partition coefficient (Wildman–Crippen LogP) is 1.33. The molecule has 0 spiro atoms. The van der Waals surface area contributed by atoms with E-state index in [4.69, 9.17) is 0 Å². The summed E-state index contributed by atoms with van der Waals surface area (Å²) in [5, 5.41) is 3.43. The summed E-state index contributed by atoms with van der Waals surface area (Å²) in [6, 6.07) is 0.759. The number of nitrogens with zero attached hydrogens (tertiary/aromatic N) is 1. The smallest absolute Gasteiger partial charge is 0.0108 e. The Labute approximate surface area is 76.3 Å². The van der Waals surface area contributed by atoms with E-state index >= 15 is 0 Å². The van der Waals surface area contributed by atoms with E-state index in [0.717, 1.165) is 12.0 Å². The average Bonchev–Trinajstić information content (AvgIpc) is 2.58. The van der Waals surface area contributed by atoms with Crippen LogP contribution in [0.25, 0.3) is 0 Å². The normalized spacial score (nSPS) is 26.5. The first kappa shape index (κ1) is 10.0. The maximum absolute atomic E-state index is 3.43. The Morgan fingerprint density at radius 3 is 2.50 bits per heavy atom. The Morgan fingerprint density at radius 1 is 1.42 bits per heavy atom. The zero-order chi connectivity index (χ0) is 8.97. The molecular formula is C10H22N2. The SMILES string of the molecule is CCN(CC)[C@@H](C)[C@@H]1CCNC1. The molecule has 0 aromatic rings. The first-order valence-electron chi connectivity index (χ1n) is 5.24. The molecule has 1 heterocycles. The molecule has 1 aliphatic heterocycles. The van der Waals surface area contributed by atoms with E-state index in [9.17, 15) is 0 Å². The van der Waals surface area contributed by atoms with Gasteiger partial charge in [-0.15, -0.1) is 0 Å². The van der Waals surface area contributed by atoms with E-state index in [-0.39, 0.29) is 0 Å². The minimum Gasteiger partial charge on any atom is -0.316 e. The lowest BCUT2D eigenvalue weighted by molar-refractivity contribution is 0.178. The van der Waals surface area contributed by atoms with Crippen molar-refractivity contribution in [1.29, 1.82) is 0 Å². The van der Waals surface area contributed by atoms with Crippen molar-refractivity contribution in [3.63, 3.8) is 0 Å². The van der Waals surface area contributed by atoms with Crippen LogP contribution < -0.4 is 5.32 Å². The Balaban J connectivity index is 2.37. The van der Waals surface area contributed by atoms with Crippen molar-refractivity contribution in [2.24, 2.45) is 5.92 Å². The Hall–Kier alpha value is -0.0800. The van der Waals surface area contributed by atoms with Crippen LogP contribution in [0.15, 0.2) is 0 Å². The van der Waals surface area contributed by atoms with Crippen molar-refractivity contribution in [3.05, 3.63) is 0 Å². The standard InChI is InChI=1S/C10H22N2/c1-4-12(5-2)9(3)10-6-7-11-8-10/h9-11H,4-8H2,1-3H3/t9-,10+/m0/s1. The molecule has 1 N–H and O–H groups in total. The van der Waals surface area contributed by atoms with Crippen LogP contribution >= 0.6 is 0 Å². The molecule has 2 heteroatoms. The average molecular weight is 170 g/mol. The number of nitrogens with one attached hydrogen (secondary N) is 1. The predicted molar refractivity (Wildman–Crippen MR) is 53.4 cm³/mol. The fourth-order valence-corrected chi connectivity index (χ4v) is 2.19. The summed E-state index contributed by atoms with van der Waals surface area (Å²) in [6.07, 6.45) is 1.36. The summed E-state index contributed by atoms with van der Waals surface area (Å²) in [6.45, 7) is 11.7. The van der Waals surface area contributed by atoms with Gasteiger partial charge < -0.3 is 10.2 Å². The summed E-state index contributed by atoms with van der Waals surface area (Å²) in [4.78, 5) is 2.55. The van der Waals surface area contributed by atoms with Gasteiger partial charge in [-0.05, 0) is 45.4 Å². The van der Waals surface area contributed by atoms with Crippen molar-refractivity contribution in [2.45, 2.75) is 33.2 Å². The van der Waals surface area contributed by atoms with Crippen molar-refractivity contribution < 1.29 is 0 Å². The van der Waals surface area contributed by atoms with Crippen molar-refractivity contribution >= 4 is 0 Å². The van der Waals surface area contributed by atoms with Crippen LogP contribution in [0.3, 0.4) is 0 Å². The van der Waals surface area contributed by atoms with Crippen LogP contribution in [0.4, 0.5) is 0 Å². The summed E-state index contributed by atoms with van der Waals surface area (Å²) >= 11 is 0. The van der Waals surface area contributed by atoms with Crippen molar-refractivity contribution in [2.75, 3.05) is 26.2 Å². The van der Waals surface area contributed by atoms with Gasteiger partial charge in [0, 0.05) is 6.04 Å². The van der Waals surface area contributed by atoms with Gasteiger partial charge >= 0.3 is 0 Å². The van der Waals surface area contributed by atoms with E-state index < -0.39 is 0 Å². The Bertz CT molecular complexity index is 113. The molecule has 1 saturated heterocycles. The summed E-state index contributed by atoms with van der Waals surface area (Å²) in [7, 11) is 0. The summed E-state index contributed by atoms with van der Waals surface area (Å²) < 4.78 is 0. The Morgan fingerprint density at radius 2 is 2.08 bits per heavy atom. The highest BCUT2D eigenvalue weighted by Gasteiger charge is 2.24. The third kappa shape index (κ3) is 2.20. The maximum atomic E-state index is 3.43. The van der Waals surface area contributed by atoms with Gasteiger partial charge in [-0.1, -0.05) is 13.8 Å². The maximum Gasteiger partial charge on any atom is 0.0108 e. The van der Waals surface area contributed by atoms with Crippen LogP contribution in [-0.2, 0) is 0 Å². The first-order chi connectivity index (χ1) is 5.79. The lowest BCUT2D eigenvalue weighted by Gasteiger charge is -2.30. The fraction of sp³-hybridized carbons (Fsp3) is 1.00. The molecule has 1 aliphatic rings. The second-order valence-electron chi connectivity index (χ2n) is 3.71. The zero-order valence-corrected chi connectivity index (χ0v) is 8.64. The number of rotatable bonds is 4. The minimum absolute atomic E-state index is 0.759. The highest BCUT2D eigenvalue weighted by Crippen LogP contribution is 2.17. The molecule has 0 radical (unpaired) electrons. The van der Waals surface area contributed by atoms with Crippen LogP contribution in [-0.4, -0.2) is 37.1 Å². The molecule has 0 aromatic carbocycles. The van der Waals surface area contributed by atoms with Gasteiger partial charge in [0.1, 0.15) is 0 Å². The molecule has 72 valence electrons. The van der Waals surface area contributed by atoms with Gasteiger partial charge in [-0.3, -0.25) is 0 Å². The van der Waals surface area contributed by atoms with Crippen LogP contribution in [0, 0.1) is 5.92 Å². The lowest BCUT2D eigenvalue weighted by atomic mass is 9.99. The van der Waals surface area contributed by atoms with E-state index in [1.165, 1.54) is 32.6 Å². The third-order valence-corrected chi connectivity index (χ3v) is 3.17. The van der Waals surface area contributed by atoms with E-state index in [0.29, 0.717) is 0 Å². The largest absolute Gasteiger partial charge is 0.316 e. The van der Waals surface area contributed by atoms with Crippen LogP contribution in [0.1, 0.15) is 27.2 Å². The zero-order valence-electron chi connectivity index (χ0n) is 8.64.